The second-order valence-electron chi connectivity index (χ2n) is 5.39. The van der Waals surface area contributed by atoms with E-state index in [0.717, 1.165) is 11.3 Å². The summed E-state index contributed by atoms with van der Waals surface area (Å²) in [6, 6.07) is 4.73. The monoisotopic (exact) mass is 333 g/mol. The van der Waals surface area contributed by atoms with Gasteiger partial charge in [-0.15, -0.1) is 0 Å². The molecule has 0 N–H and O–H groups in total. The van der Waals surface area contributed by atoms with Gasteiger partial charge in [-0.1, -0.05) is 0 Å². The SMILES string of the molecule is O=S(=O)(c1ccc2c(c1)OCCO2)N1CCc2ncncc2C1. The fourth-order valence-corrected chi connectivity index (χ4v) is 4.21. The predicted octanol–water partition coefficient (Wildman–Crippen LogP) is 0.995. The van der Waals surface area contributed by atoms with Crippen molar-refractivity contribution in [3.05, 3.63) is 42.0 Å². The van der Waals surface area contributed by atoms with Crippen molar-refractivity contribution in [1.29, 1.82) is 0 Å². The molecule has 120 valence electrons. The zero-order chi connectivity index (χ0) is 15.9. The molecule has 4 rings (SSSR count). The quantitative estimate of drug-likeness (QED) is 0.815. The van der Waals surface area contributed by atoms with Gasteiger partial charge in [-0.05, 0) is 12.1 Å². The third-order valence-electron chi connectivity index (χ3n) is 3.98. The first-order chi connectivity index (χ1) is 11.1. The lowest BCUT2D eigenvalue weighted by Gasteiger charge is -2.27. The molecule has 7 nitrogen and oxygen atoms in total. The van der Waals surface area contributed by atoms with E-state index in [9.17, 15) is 8.42 Å². The maximum absolute atomic E-state index is 12.9. The van der Waals surface area contributed by atoms with Gasteiger partial charge in [0.15, 0.2) is 11.5 Å². The average Bonchev–Trinajstić information content (AvgIpc) is 2.61. The Balaban J connectivity index is 1.66. The first-order valence-corrected chi connectivity index (χ1v) is 8.76. The van der Waals surface area contributed by atoms with Crippen LogP contribution >= 0.6 is 0 Å². The summed E-state index contributed by atoms with van der Waals surface area (Å²) in [5, 5.41) is 0. The molecule has 0 amide bonds. The summed E-state index contributed by atoms with van der Waals surface area (Å²) in [6.07, 6.45) is 3.75. The number of aromatic nitrogens is 2. The Morgan fingerprint density at radius 1 is 1.13 bits per heavy atom. The van der Waals surface area contributed by atoms with Crippen LogP contribution in [0, 0.1) is 0 Å². The van der Waals surface area contributed by atoms with Gasteiger partial charge in [0.2, 0.25) is 10.0 Å². The topological polar surface area (TPSA) is 81.6 Å². The van der Waals surface area contributed by atoms with Gasteiger partial charge in [0.1, 0.15) is 19.5 Å². The largest absolute Gasteiger partial charge is 0.486 e. The molecule has 0 spiro atoms. The van der Waals surface area contributed by atoms with Crippen molar-refractivity contribution in [2.24, 2.45) is 0 Å². The third-order valence-corrected chi connectivity index (χ3v) is 5.82. The van der Waals surface area contributed by atoms with E-state index in [4.69, 9.17) is 9.47 Å². The van der Waals surface area contributed by atoms with Crippen LogP contribution in [0.2, 0.25) is 0 Å². The first kappa shape index (κ1) is 14.4. The highest BCUT2D eigenvalue weighted by Crippen LogP contribution is 2.34. The van der Waals surface area contributed by atoms with Gasteiger partial charge in [0.05, 0.1) is 4.90 Å². The molecule has 0 unspecified atom stereocenters. The molecule has 0 atom stereocenters. The molecular weight excluding hydrogens is 318 g/mol. The minimum absolute atomic E-state index is 0.210. The fourth-order valence-electron chi connectivity index (χ4n) is 2.78. The zero-order valence-corrected chi connectivity index (χ0v) is 13.1. The van der Waals surface area contributed by atoms with Crippen molar-refractivity contribution in [2.75, 3.05) is 19.8 Å². The van der Waals surface area contributed by atoms with Crippen LogP contribution in [0.4, 0.5) is 0 Å². The lowest BCUT2D eigenvalue weighted by Crippen LogP contribution is -2.36. The highest BCUT2D eigenvalue weighted by atomic mass is 32.2. The standard InChI is InChI=1S/C15H15N3O4S/c19-23(20,12-1-2-14-15(7-12)22-6-5-21-14)18-4-3-13-11(9-18)8-16-10-17-13/h1-2,7-8,10H,3-6,9H2. The molecule has 3 heterocycles. The van der Waals surface area contributed by atoms with Gasteiger partial charge in [-0.3, -0.25) is 0 Å². The molecule has 2 aliphatic heterocycles. The predicted molar refractivity (Wildman–Crippen MR) is 80.8 cm³/mol. The van der Waals surface area contributed by atoms with Crippen molar-refractivity contribution >= 4 is 10.0 Å². The number of nitrogens with zero attached hydrogens (tertiary/aromatic N) is 3. The Hall–Kier alpha value is -2.19. The number of fused-ring (bicyclic) bond motifs is 2. The van der Waals surface area contributed by atoms with E-state index >= 15 is 0 Å². The molecule has 0 saturated carbocycles. The van der Waals surface area contributed by atoms with Crippen LogP contribution in [0.3, 0.4) is 0 Å². The number of ether oxygens (including phenoxy) is 2. The van der Waals surface area contributed by atoms with Gasteiger partial charge < -0.3 is 9.47 Å². The Bertz CT molecular complexity index is 854. The summed E-state index contributed by atoms with van der Waals surface area (Å²) >= 11 is 0. The van der Waals surface area contributed by atoms with E-state index in [1.165, 1.54) is 16.7 Å². The minimum Gasteiger partial charge on any atom is -0.486 e. The second-order valence-corrected chi connectivity index (χ2v) is 7.33. The lowest BCUT2D eigenvalue weighted by atomic mass is 10.1. The lowest BCUT2D eigenvalue weighted by molar-refractivity contribution is 0.171. The van der Waals surface area contributed by atoms with E-state index in [1.807, 2.05) is 0 Å². The van der Waals surface area contributed by atoms with Gasteiger partial charge >= 0.3 is 0 Å². The van der Waals surface area contributed by atoms with Crippen molar-refractivity contribution in [3.63, 3.8) is 0 Å². The smallest absolute Gasteiger partial charge is 0.243 e. The molecule has 1 aromatic heterocycles. The summed E-state index contributed by atoms with van der Waals surface area (Å²) < 4.78 is 38.1. The van der Waals surface area contributed by atoms with Crippen molar-refractivity contribution in [2.45, 2.75) is 17.9 Å². The number of hydrogen-bond acceptors (Lipinski definition) is 6. The highest BCUT2D eigenvalue weighted by molar-refractivity contribution is 7.89. The van der Waals surface area contributed by atoms with Crippen LogP contribution in [0.25, 0.3) is 0 Å². The second kappa shape index (κ2) is 5.47. The number of hydrogen-bond donors (Lipinski definition) is 0. The van der Waals surface area contributed by atoms with Crippen LogP contribution in [0.15, 0.2) is 35.6 Å². The molecular formula is C15H15N3O4S. The molecule has 1 aromatic carbocycles. The summed E-state index contributed by atoms with van der Waals surface area (Å²) in [6.45, 7) is 1.58. The molecule has 0 bridgehead atoms. The molecule has 23 heavy (non-hydrogen) atoms. The number of sulfonamides is 1. The van der Waals surface area contributed by atoms with Gasteiger partial charge in [-0.25, -0.2) is 18.4 Å². The normalized spacial score (nSPS) is 17.6. The van der Waals surface area contributed by atoms with E-state index in [1.54, 1.807) is 18.3 Å². The first-order valence-electron chi connectivity index (χ1n) is 7.32. The van der Waals surface area contributed by atoms with Gasteiger partial charge in [0, 0.05) is 43.0 Å². The zero-order valence-electron chi connectivity index (χ0n) is 12.3. The Morgan fingerprint density at radius 2 is 1.96 bits per heavy atom. The van der Waals surface area contributed by atoms with Crippen molar-refractivity contribution < 1.29 is 17.9 Å². The van der Waals surface area contributed by atoms with E-state index in [2.05, 4.69) is 9.97 Å². The fraction of sp³-hybridized carbons (Fsp3) is 0.333. The van der Waals surface area contributed by atoms with E-state index < -0.39 is 10.0 Å². The van der Waals surface area contributed by atoms with Crippen LogP contribution in [0.5, 0.6) is 11.5 Å². The maximum Gasteiger partial charge on any atom is 0.243 e. The van der Waals surface area contributed by atoms with Crippen LogP contribution in [-0.4, -0.2) is 42.4 Å². The summed E-state index contributed by atoms with van der Waals surface area (Å²) in [4.78, 5) is 8.38. The number of rotatable bonds is 2. The minimum atomic E-state index is -3.60. The van der Waals surface area contributed by atoms with Gasteiger partial charge in [0.25, 0.3) is 0 Å². The van der Waals surface area contributed by atoms with E-state index in [0.29, 0.717) is 37.7 Å². The molecule has 0 aliphatic carbocycles. The van der Waals surface area contributed by atoms with Crippen LogP contribution < -0.4 is 9.47 Å². The summed E-state index contributed by atoms with van der Waals surface area (Å²) in [7, 11) is -3.60. The number of benzene rings is 1. The highest BCUT2D eigenvalue weighted by Gasteiger charge is 2.30. The molecule has 0 radical (unpaired) electrons. The maximum atomic E-state index is 12.9. The van der Waals surface area contributed by atoms with E-state index in [-0.39, 0.29) is 11.4 Å². The Labute approximate surface area is 133 Å². The van der Waals surface area contributed by atoms with Gasteiger partial charge in [-0.2, -0.15) is 4.31 Å². The Morgan fingerprint density at radius 3 is 2.83 bits per heavy atom. The molecule has 2 aliphatic rings. The van der Waals surface area contributed by atoms with Crippen LogP contribution in [0.1, 0.15) is 11.3 Å². The van der Waals surface area contributed by atoms with Crippen molar-refractivity contribution in [3.8, 4) is 11.5 Å². The third kappa shape index (κ3) is 2.53. The van der Waals surface area contributed by atoms with Crippen LogP contribution in [-0.2, 0) is 23.0 Å². The molecule has 0 saturated heterocycles. The molecule has 8 heteroatoms. The van der Waals surface area contributed by atoms with Crippen molar-refractivity contribution in [1.82, 2.24) is 14.3 Å². The average molecular weight is 333 g/mol. The Kier molecular flexibility index (Phi) is 3.42. The summed E-state index contributed by atoms with van der Waals surface area (Å²) in [5.41, 5.74) is 1.76. The summed E-state index contributed by atoms with van der Waals surface area (Å²) in [5.74, 6) is 1.05. The molecule has 0 fully saturated rings. The molecule has 2 aromatic rings.